The lowest BCUT2D eigenvalue weighted by Crippen LogP contribution is -2.50. The van der Waals surface area contributed by atoms with Crippen molar-refractivity contribution >= 4 is 11.5 Å². The van der Waals surface area contributed by atoms with Crippen LogP contribution in [0.2, 0.25) is 0 Å². The van der Waals surface area contributed by atoms with Crippen LogP contribution in [0.4, 0.5) is 11.5 Å². The minimum Gasteiger partial charge on any atom is -0.391 e. The third kappa shape index (κ3) is 1.78. The Bertz CT molecular complexity index is 471. The molecule has 0 amide bonds. The first kappa shape index (κ1) is 10.6. The predicted molar refractivity (Wildman–Crippen MR) is 66.1 cm³/mol. The van der Waals surface area contributed by atoms with E-state index in [4.69, 9.17) is 5.73 Å². The van der Waals surface area contributed by atoms with Crippen molar-refractivity contribution in [3.63, 3.8) is 0 Å². The number of nitrogens with two attached hydrogens (primary N) is 1. The van der Waals surface area contributed by atoms with Crippen LogP contribution < -0.4 is 16.2 Å². The molecule has 0 spiro atoms. The molecule has 3 rings (SSSR count). The molecule has 1 aromatic heterocycles. The fraction of sp³-hybridized carbons (Fsp3) is 0.636. The molecule has 0 radical (unpaired) electrons. The van der Waals surface area contributed by atoms with Crippen LogP contribution in [0.25, 0.3) is 0 Å². The summed E-state index contributed by atoms with van der Waals surface area (Å²) in [5, 5.41) is 0. The zero-order valence-corrected chi connectivity index (χ0v) is 9.72. The second-order valence-electron chi connectivity index (χ2n) is 4.75. The van der Waals surface area contributed by atoms with E-state index in [1.165, 1.54) is 25.7 Å². The van der Waals surface area contributed by atoms with Crippen LogP contribution in [-0.2, 0) is 0 Å². The number of nitrogens with zero attached hydrogens (tertiary/aromatic N) is 3. The minimum atomic E-state index is -0.246. The molecule has 6 heteroatoms. The Morgan fingerprint density at radius 1 is 1.41 bits per heavy atom. The molecule has 3 N–H and O–H groups in total. The number of aromatic nitrogens is 2. The molecule has 92 valence electrons. The highest BCUT2D eigenvalue weighted by Gasteiger charge is 2.31. The maximum absolute atomic E-state index is 11.5. The lowest BCUT2D eigenvalue weighted by Gasteiger charge is -2.38. The summed E-state index contributed by atoms with van der Waals surface area (Å²) < 4.78 is 0. The van der Waals surface area contributed by atoms with Crippen LogP contribution in [-0.4, -0.2) is 47.1 Å². The molecule has 3 heterocycles. The summed E-state index contributed by atoms with van der Waals surface area (Å²) in [6, 6.07) is 0.601. The van der Waals surface area contributed by atoms with E-state index in [0.29, 0.717) is 11.9 Å². The van der Waals surface area contributed by atoms with Gasteiger partial charge in [-0.2, -0.15) is 0 Å². The summed E-state index contributed by atoms with van der Waals surface area (Å²) in [6.07, 6.45) is 3.94. The van der Waals surface area contributed by atoms with E-state index in [9.17, 15) is 4.79 Å². The van der Waals surface area contributed by atoms with Crippen molar-refractivity contribution in [3.05, 3.63) is 16.7 Å². The van der Waals surface area contributed by atoms with E-state index < -0.39 is 0 Å². The van der Waals surface area contributed by atoms with Gasteiger partial charge in [0.1, 0.15) is 5.69 Å². The average molecular weight is 235 g/mol. The molecule has 0 bridgehead atoms. The van der Waals surface area contributed by atoms with Crippen LogP contribution in [0.3, 0.4) is 0 Å². The molecule has 0 aliphatic carbocycles. The van der Waals surface area contributed by atoms with Gasteiger partial charge in [0, 0.05) is 25.7 Å². The molecule has 2 fully saturated rings. The van der Waals surface area contributed by atoms with Gasteiger partial charge in [0.25, 0.3) is 5.56 Å². The van der Waals surface area contributed by atoms with E-state index in [-0.39, 0.29) is 11.2 Å². The maximum atomic E-state index is 11.5. The van der Waals surface area contributed by atoms with Crippen LogP contribution in [0, 0.1) is 0 Å². The van der Waals surface area contributed by atoms with Gasteiger partial charge < -0.3 is 15.6 Å². The van der Waals surface area contributed by atoms with E-state index in [2.05, 4.69) is 19.8 Å². The van der Waals surface area contributed by atoms with Crippen LogP contribution in [0.5, 0.6) is 0 Å². The van der Waals surface area contributed by atoms with Gasteiger partial charge in [-0.25, -0.2) is 4.98 Å². The average Bonchev–Trinajstić information content (AvgIpc) is 2.79. The second kappa shape index (κ2) is 4.03. The summed E-state index contributed by atoms with van der Waals surface area (Å²) >= 11 is 0. The Kier molecular flexibility index (Phi) is 2.51. The first-order valence-electron chi connectivity index (χ1n) is 6.08. The topological polar surface area (TPSA) is 78.2 Å². The number of fused-ring (bicyclic) bond motifs is 1. The molecule has 1 unspecified atom stereocenters. The summed E-state index contributed by atoms with van der Waals surface area (Å²) in [5.74, 6) is 0.639. The van der Waals surface area contributed by atoms with Crippen molar-refractivity contribution in [2.24, 2.45) is 0 Å². The van der Waals surface area contributed by atoms with Crippen LogP contribution in [0.15, 0.2) is 11.1 Å². The standard InChI is InChI=1S/C11H17N5O/c12-9-10(13-7-14-11(9)17)16-5-4-15-3-1-2-8(15)6-16/h7-8H,1-6,12H2,(H,13,14,17). The monoisotopic (exact) mass is 235 g/mol. The maximum Gasteiger partial charge on any atom is 0.276 e. The third-order valence-corrected chi connectivity index (χ3v) is 3.75. The van der Waals surface area contributed by atoms with E-state index in [1.807, 2.05) is 0 Å². The molecule has 0 aromatic carbocycles. The molecule has 1 atom stereocenters. The Morgan fingerprint density at radius 2 is 2.29 bits per heavy atom. The van der Waals surface area contributed by atoms with Gasteiger partial charge in [-0.1, -0.05) is 0 Å². The van der Waals surface area contributed by atoms with Gasteiger partial charge in [-0.15, -0.1) is 0 Å². The molecule has 2 aliphatic rings. The van der Waals surface area contributed by atoms with E-state index in [1.54, 1.807) is 0 Å². The van der Waals surface area contributed by atoms with Crippen molar-refractivity contribution < 1.29 is 0 Å². The predicted octanol–water partition coefficient (Wildman–Crippen LogP) is -0.364. The molecule has 1 aromatic rings. The zero-order chi connectivity index (χ0) is 11.8. The van der Waals surface area contributed by atoms with Gasteiger partial charge in [0.15, 0.2) is 5.82 Å². The molecule has 0 saturated carbocycles. The number of anilines is 2. The largest absolute Gasteiger partial charge is 0.391 e. The van der Waals surface area contributed by atoms with Crippen molar-refractivity contribution in [1.29, 1.82) is 0 Å². The molecular weight excluding hydrogens is 218 g/mol. The van der Waals surface area contributed by atoms with Crippen LogP contribution in [0.1, 0.15) is 12.8 Å². The van der Waals surface area contributed by atoms with E-state index >= 15 is 0 Å². The van der Waals surface area contributed by atoms with Crippen LogP contribution >= 0.6 is 0 Å². The number of nitrogens with one attached hydrogen (secondary N) is 1. The molecule has 17 heavy (non-hydrogen) atoms. The Morgan fingerprint density at radius 3 is 3.18 bits per heavy atom. The van der Waals surface area contributed by atoms with Gasteiger partial charge in [0.2, 0.25) is 0 Å². The SMILES string of the molecule is Nc1c(N2CCN3CCCC3C2)nc[nH]c1=O. The lowest BCUT2D eigenvalue weighted by molar-refractivity contribution is 0.230. The van der Waals surface area contributed by atoms with Crippen molar-refractivity contribution in [2.45, 2.75) is 18.9 Å². The summed E-state index contributed by atoms with van der Waals surface area (Å²) in [4.78, 5) is 22.8. The number of piperazine rings is 1. The Labute approximate surface area is 99.4 Å². The molecular formula is C11H17N5O. The summed E-state index contributed by atoms with van der Waals surface area (Å²) in [7, 11) is 0. The fourth-order valence-electron chi connectivity index (χ4n) is 2.84. The van der Waals surface area contributed by atoms with Gasteiger partial charge in [0.05, 0.1) is 6.33 Å². The van der Waals surface area contributed by atoms with E-state index in [0.717, 1.165) is 19.6 Å². The number of aromatic amines is 1. The van der Waals surface area contributed by atoms with Gasteiger partial charge >= 0.3 is 0 Å². The number of rotatable bonds is 1. The highest BCUT2D eigenvalue weighted by atomic mass is 16.1. The smallest absolute Gasteiger partial charge is 0.276 e. The minimum absolute atomic E-state index is 0.235. The summed E-state index contributed by atoms with van der Waals surface area (Å²) in [6.45, 7) is 4.08. The first-order valence-corrected chi connectivity index (χ1v) is 6.08. The highest BCUT2D eigenvalue weighted by Crippen LogP contribution is 2.25. The van der Waals surface area contributed by atoms with Crippen molar-refractivity contribution in [2.75, 3.05) is 36.8 Å². The molecule has 6 nitrogen and oxygen atoms in total. The number of nitrogen functional groups attached to an aromatic ring is 1. The quantitative estimate of drug-likeness (QED) is 0.695. The third-order valence-electron chi connectivity index (χ3n) is 3.75. The summed E-state index contributed by atoms with van der Waals surface area (Å²) in [5.41, 5.74) is 5.78. The Hall–Kier alpha value is -1.56. The van der Waals surface area contributed by atoms with Crippen molar-refractivity contribution in [1.82, 2.24) is 14.9 Å². The van der Waals surface area contributed by atoms with Crippen molar-refractivity contribution in [3.8, 4) is 0 Å². The number of H-pyrrole nitrogens is 1. The first-order chi connectivity index (χ1) is 8.25. The highest BCUT2D eigenvalue weighted by molar-refractivity contribution is 5.61. The number of hydrogen-bond donors (Lipinski definition) is 2. The fourth-order valence-corrected chi connectivity index (χ4v) is 2.84. The molecule has 2 saturated heterocycles. The Balaban J connectivity index is 1.85. The number of hydrogen-bond acceptors (Lipinski definition) is 5. The van der Waals surface area contributed by atoms with Gasteiger partial charge in [-0.05, 0) is 19.4 Å². The van der Waals surface area contributed by atoms with Gasteiger partial charge in [-0.3, -0.25) is 9.69 Å². The zero-order valence-electron chi connectivity index (χ0n) is 9.72. The second-order valence-corrected chi connectivity index (χ2v) is 4.75. The normalized spacial score (nSPS) is 24.9. The molecule has 2 aliphatic heterocycles. The lowest BCUT2D eigenvalue weighted by atomic mass is 10.1.